The minimum absolute atomic E-state index is 0.180. The average molecular weight is 267 g/mol. The van der Waals surface area contributed by atoms with Gasteiger partial charge in [-0.3, -0.25) is 4.57 Å². The molecule has 3 heterocycles. The van der Waals surface area contributed by atoms with Gasteiger partial charge in [0.05, 0.1) is 19.5 Å². The zero-order chi connectivity index (χ0) is 13.6. The molecule has 0 amide bonds. The topological polar surface area (TPSA) is 140 Å². The summed E-state index contributed by atoms with van der Waals surface area (Å²) in [6.07, 6.45) is 0.389. The van der Waals surface area contributed by atoms with Crippen LogP contribution in [0.2, 0.25) is 0 Å². The van der Waals surface area contributed by atoms with Crippen LogP contribution < -0.4 is 5.73 Å². The van der Waals surface area contributed by atoms with Gasteiger partial charge in [-0.25, -0.2) is 15.0 Å². The predicted octanol–water partition coefficient (Wildman–Crippen LogP) is -2.19. The molecule has 1 aliphatic rings. The van der Waals surface area contributed by atoms with Crippen LogP contribution in [-0.4, -0.2) is 60.3 Å². The third-order valence-electron chi connectivity index (χ3n) is 3.29. The molecular formula is C10H13N5O4. The fourth-order valence-electron chi connectivity index (χ4n) is 2.20. The minimum atomic E-state index is -1.75. The number of nitrogen functional groups attached to an aromatic ring is 1. The van der Waals surface area contributed by atoms with Crippen molar-refractivity contribution in [3.63, 3.8) is 0 Å². The van der Waals surface area contributed by atoms with Crippen LogP contribution in [0.3, 0.4) is 0 Å². The SMILES string of the molecule is Nc1ncnc2c1ncn2[C@]1(O)CO[C@H](CO)[C@H]1O. The molecule has 0 aromatic carbocycles. The van der Waals surface area contributed by atoms with Crippen LogP contribution in [0.1, 0.15) is 0 Å². The van der Waals surface area contributed by atoms with Crippen molar-refractivity contribution in [2.45, 2.75) is 17.9 Å². The second kappa shape index (κ2) is 4.10. The molecule has 5 N–H and O–H groups in total. The van der Waals surface area contributed by atoms with E-state index in [0.717, 1.165) is 0 Å². The minimum Gasteiger partial charge on any atom is -0.394 e. The zero-order valence-corrected chi connectivity index (χ0v) is 9.84. The van der Waals surface area contributed by atoms with E-state index in [-0.39, 0.29) is 18.1 Å². The van der Waals surface area contributed by atoms with Crippen molar-refractivity contribution in [2.75, 3.05) is 18.9 Å². The summed E-state index contributed by atoms with van der Waals surface area (Å²) in [7, 11) is 0. The number of rotatable bonds is 2. The number of aliphatic hydroxyl groups is 3. The molecule has 9 heteroatoms. The highest BCUT2D eigenvalue weighted by Gasteiger charge is 2.50. The lowest BCUT2D eigenvalue weighted by Gasteiger charge is -2.27. The van der Waals surface area contributed by atoms with Crippen LogP contribution in [0, 0.1) is 0 Å². The molecule has 1 aliphatic heterocycles. The van der Waals surface area contributed by atoms with Crippen LogP contribution in [0.5, 0.6) is 0 Å². The van der Waals surface area contributed by atoms with Crippen molar-refractivity contribution < 1.29 is 20.1 Å². The maximum atomic E-state index is 10.5. The second-order valence-corrected chi connectivity index (χ2v) is 4.40. The van der Waals surface area contributed by atoms with E-state index in [2.05, 4.69) is 15.0 Å². The summed E-state index contributed by atoms with van der Waals surface area (Å²) >= 11 is 0. The number of imidazole rings is 1. The molecular weight excluding hydrogens is 254 g/mol. The number of fused-ring (bicyclic) bond motifs is 1. The molecule has 9 nitrogen and oxygen atoms in total. The van der Waals surface area contributed by atoms with Gasteiger partial charge in [0.1, 0.15) is 24.1 Å². The highest BCUT2D eigenvalue weighted by atomic mass is 16.5. The van der Waals surface area contributed by atoms with Crippen molar-refractivity contribution >= 4 is 17.0 Å². The Kier molecular flexibility index (Phi) is 2.64. The van der Waals surface area contributed by atoms with Gasteiger partial charge in [-0.1, -0.05) is 0 Å². The van der Waals surface area contributed by atoms with Crippen molar-refractivity contribution in [3.8, 4) is 0 Å². The molecule has 2 aromatic rings. The zero-order valence-electron chi connectivity index (χ0n) is 9.84. The summed E-state index contributed by atoms with van der Waals surface area (Å²) in [5, 5.41) is 29.7. The number of anilines is 1. The Morgan fingerprint density at radius 2 is 2.26 bits per heavy atom. The lowest BCUT2D eigenvalue weighted by Crippen LogP contribution is -2.46. The van der Waals surface area contributed by atoms with Gasteiger partial charge in [0.2, 0.25) is 0 Å². The van der Waals surface area contributed by atoms with Gasteiger partial charge in [0.15, 0.2) is 17.2 Å². The van der Waals surface area contributed by atoms with Crippen LogP contribution in [0.15, 0.2) is 12.7 Å². The number of nitrogens with two attached hydrogens (primary N) is 1. The van der Waals surface area contributed by atoms with Gasteiger partial charge in [0, 0.05) is 0 Å². The largest absolute Gasteiger partial charge is 0.394 e. The molecule has 3 atom stereocenters. The number of aromatic nitrogens is 4. The van der Waals surface area contributed by atoms with Crippen LogP contribution >= 0.6 is 0 Å². The molecule has 0 radical (unpaired) electrons. The van der Waals surface area contributed by atoms with Gasteiger partial charge in [-0.15, -0.1) is 0 Å². The Balaban J connectivity index is 2.12. The highest BCUT2D eigenvalue weighted by Crippen LogP contribution is 2.32. The molecule has 19 heavy (non-hydrogen) atoms. The number of ether oxygens (including phenoxy) is 1. The van der Waals surface area contributed by atoms with Crippen LogP contribution in [-0.2, 0) is 10.5 Å². The third-order valence-corrected chi connectivity index (χ3v) is 3.29. The average Bonchev–Trinajstić information content (AvgIpc) is 2.95. The molecule has 0 bridgehead atoms. The van der Waals surface area contributed by atoms with Crippen LogP contribution in [0.25, 0.3) is 11.2 Å². The van der Waals surface area contributed by atoms with E-state index in [4.69, 9.17) is 15.6 Å². The van der Waals surface area contributed by atoms with Crippen molar-refractivity contribution in [1.29, 1.82) is 0 Å². The molecule has 3 rings (SSSR count). The monoisotopic (exact) mass is 267 g/mol. The first kappa shape index (κ1) is 12.2. The molecule has 0 spiro atoms. The van der Waals surface area contributed by atoms with E-state index in [0.29, 0.717) is 5.52 Å². The molecule has 2 aromatic heterocycles. The van der Waals surface area contributed by atoms with Gasteiger partial charge >= 0.3 is 0 Å². The van der Waals surface area contributed by atoms with Gasteiger partial charge < -0.3 is 25.8 Å². The number of nitrogens with zero attached hydrogens (tertiary/aromatic N) is 4. The Morgan fingerprint density at radius 1 is 1.47 bits per heavy atom. The normalized spacial score (nSPS) is 31.1. The van der Waals surface area contributed by atoms with E-state index in [9.17, 15) is 10.2 Å². The molecule has 0 saturated carbocycles. The quantitative estimate of drug-likeness (QED) is 0.481. The smallest absolute Gasteiger partial charge is 0.197 e. The Morgan fingerprint density at radius 3 is 2.95 bits per heavy atom. The van der Waals surface area contributed by atoms with Crippen molar-refractivity contribution in [1.82, 2.24) is 19.5 Å². The Bertz CT molecular complexity index is 617. The molecule has 1 saturated heterocycles. The van der Waals surface area contributed by atoms with E-state index >= 15 is 0 Å². The summed E-state index contributed by atoms with van der Waals surface area (Å²) in [5.74, 6) is 0.180. The highest BCUT2D eigenvalue weighted by molar-refractivity contribution is 5.81. The van der Waals surface area contributed by atoms with Crippen LogP contribution in [0.4, 0.5) is 5.82 Å². The predicted molar refractivity (Wildman–Crippen MR) is 62.8 cm³/mol. The molecule has 0 aliphatic carbocycles. The van der Waals surface area contributed by atoms with Gasteiger partial charge in [-0.2, -0.15) is 0 Å². The summed E-state index contributed by atoms with van der Waals surface area (Å²) in [5.41, 5.74) is 4.53. The van der Waals surface area contributed by atoms with Crippen molar-refractivity contribution in [2.24, 2.45) is 0 Å². The fraction of sp³-hybridized carbons (Fsp3) is 0.500. The number of hydrogen-bond donors (Lipinski definition) is 4. The lowest BCUT2D eigenvalue weighted by molar-refractivity contribution is -0.110. The number of aliphatic hydroxyl groups excluding tert-OH is 2. The summed E-state index contributed by atoms with van der Waals surface area (Å²) in [4.78, 5) is 11.8. The second-order valence-electron chi connectivity index (χ2n) is 4.40. The number of hydrogen-bond acceptors (Lipinski definition) is 8. The lowest BCUT2D eigenvalue weighted by atomic mass is 10.1. The van der Waals surface area contributed by atoms with Gasteiger partial charge in [-0.05, 0) is 0 Å². The molecule has 1 fully saturated rings. The first-order valence-corrected chi connectivity index (χ1v) is 5.65. The first-order valence-electron chi connectivity index (χ1n) is 5.65. The Labute approximate surface area is 107 Å². The van der Waals surface area contributed by atoms with E-state index in [1.54, 1.807) is 0 Å². The molecule has 0 unspecified atom stereocenters. The maximum Gasteiger partial charge on any atom is 0.197 e. The summed E-state index contributed by atoms with van der Waals surface area (Å²) in [6, 6.07) is 0. The van der Waals surface area contributed by atoms with Gasteiger partial charge in [0.25, 0.3) is 0 Å². The third kappa shape index (κ3) is 1.60. The van der Waals surface area contributed by atoms with E-state index < -0.39 is 24.5 Å². The maximum absolute atomic E-state index is 10.5. The fourth-order valence-corrected chi connectivity index (χ4v) is 2.20. The Hall–Kier alpha value is -1.81. The van der Waals surface area contributed by atoms with E-state index in [1.165, 1.54) is 17.2 Å². The van der Waals surface area contributed by atoms with E-state index in [1.807, 2.05) is 0 Å². The standard InChI is InChI=1S/C10H13N5O4/c11-8-6-9(13-3-12-8)15(4-14-6)10(18)2-19-5(1-16)7(10)17/h3-5,7,16-18H,1-2H2,(H2,11,12,13)/t5-,7-,10+/m1/s1. The van der Waals surface area contributed by atoms with Crippen molar-refractivity contribution in [3.05, 3.63) is 12.7 Å². The summed E-state index contributed by atoms with van der Waals surface area (Å²) < 4.78 is 6.44. The summed E-state index contributed by atoms with van der Waals surface area (Å²) in [6.45, 7) is -0.581. The molecule has 102 valence electrons. The first-order chi connectivity index (χ1) is 9.08.